The van der Waals surface area contributed by atoms with E-state index < -0.39 is 0 Å². The molecule has 1 N–H and O–H groups in total. The molecule has 3 heteroatoms. The zero-order chi connectivity index (χ0) is 21.6. The van der Waals surface area contributed by atoms with Crippen LogP contribution in [0.4, 0.5) is 0 Å². The highest BCUT2D eigenvalue weighted by Crippen LogP contribution is 2.44. The molecule has 2 heterocycles. The van der Waals surface area contributed by atoms with E-state index in [2.05, 4.69) is 82.9 Å². The van der Waals surface area contributed by atoms with E-state index in [1.54, 1.807) is 0 Å². The third kappa shape index (κ3) is 4.67. The lowest BCUT2D eigenvalue weighted by atomic mass is 9.74. The molecule has 0 bridgehead atoms. The van der Waals surface area contributed by atoms with Crippen molar-refractivity contribution >= 4 is 17.4 Å². The summed E-state index contributed by atoms with van der Waals surface area (Å²) >= 11 is 0. The fraction of sp³-hybridized carbons (Fsp3) is 0.393. The Balaban J connectivity index is 0.00000112. The Hall–Kier alpha value is -2.65. The summed E-state index contributed by atoms with van der Waals surface area (Å²) in [5, 5.41) is 3.55. The fourth-order valence-electron chi connectivity index (χ4n) is 5.21. The summed E-state index contributed by atoms with van der Waals surface area (Å²) in [4.78, 5) is 6.79. The van der Waals surface area contributed by atoms with E-state index >= 15 is 0 Å². The average Bonchev–Trinajstić information content (AvgIpc) is 2.95. The second-order valence-corrected chi connectivity index (χ2v) is 8.52. The molecule has 1 aliphatic carbocycles. The fourth-order valence-corrected chi connectivity index (χ4v) is 5.21. The second kappa shape index (κ2) is 10.1. The van der Waals surface area contributed by atoms with E-state index in [4.69, 9.17) is 0 Å². The highest BCUT2D eigenvalue weighted by atomic mass is 15.1. The van der Waals surface area contributed by atoms with E-state index in [9.17, 15) is 0 Å². The number of aliphatic imine (C=N–C) groups is 1. The van der Waals surface area contributed by atoms with E-state index in [0.29, 0.717) is 11.8 Å². The first-order valence-corrected chi connectivity index (χ1v) is 11.8. The zero-order valence-corrected chi connectivity index (χ0v) is 19.1. The van der Waals surface area contributed by atoms with Crippen LogP contribution < -0.4 is 5.32 Å². The number of nitrogens with one attached hydrogen (secondary N) is 1. The van der Waals surface area contributed by atoms with Crippen molar-refractivity contribution in [1.29, 1.82) is 0 Å². The molecule has 162 valence electrons. The van der Waals surface area contributed by atoms with Crippen molar-refractivity contribution in [3.8, 4) is 0 Å². The normalized spacial score (nSPS) is 20.5. The van der Waals surface area contributed by atoms with Crippen molar-refractivity contribution in [1.82, 2.24) is 10.2 Å². The van der Waals surface area contributed by atoms with Gasteiger partial charge in [0.15, 0.2) is 0 Å². The SMILES string of the molecule is CC.CC1=NC=CN(CC2=Cc3ccccc3C(C3CCNCC3)c3ccccc32)C1. The second-order valence-electron chi connectivity index (χ2n) is 8.52. The quantitative estimate of drug-likeness (QED) is 0.674. The van der Waals surface area contributed by atoms with Gasteiger partial charge in [-0.05, 0) is 72.7 Å². The van der Waals surface area contributed by atoms with Crippen LogP contribution in [0.1, 0.15) is 61.8 Å². The minimum Gasteiger partial charge on any atom is -0.366 e. The molecule has 5 rings (SSSR count). The smallest absolute Gasteiger partial charge is 0.0558 e. The molecule has 1 unspecified atom stereocenters. The summed E-state index contributed by atoms with van der Waals surface area (Å²) in [7, 11) is 0. The van der Waals surface area contributed by atoms with Crippen LogP contribution in [0, 0.1) is 5.92 Å². The highest BCUT2D eigenvalue weighted by Gasteiger charge is 2.31. The molecule has 2 aromatic rings. The molecule has 2 aromatic carbocycles. The van der Waals surface area contributed by atoms with Gasteiger partial charge in [0.05, 0.1) is 6.54 Å². The number of piperidine rings is 1. The standard InChI is InChI=1S/C26H29N3.C2H6/c1-19-17-29(15-14-28-19)18-22-16-21-6-2-3-8-24(21)26(20-10-12-27-13-11-20)25-9-5-4-7-23(22)25;1-2/h2-9,14-16,20,26-27H,10-13,17-18H2,1H3;1-2H3. The van der Waals surface area contributed by atoms with Crippen molar-refractivity contribution in [3.63, 3.8) is 0 Å². The summed E-state index contributed by atoms with van der Waals surface area (Å²) in [6.07, 6.45) is 8.97. The molecule has 1 saturated heterocycles. The molecule has 3 nitrogen and oxygen atoms in total. The number of hydrogen-bond acceptors (Lipinski definition) is 3. The van der Waals surface area contributed by atoms with E-state index in [-0.39, 0.29) is 0 Å². The van der Waals surface area contributed by atoms with Gasteiger partial charge in [-0.25, -0.2) is 0 Å². The van der Waals surface area contributed by atoms with Crippen LogP contribution in [-0.4, -0.2) is 36.8 Å². The number of nitrogens with zero attached hydrogens (tertiary/aromatic N) is 2. The summed E-state index contributed by atoms with van der Waals surface area (Å²) < 4.78 is 0. The molecule has 1 fully saturated rings. The van der Waals surface area contributed by atoms with Crippen molar-refractivity contribution in [2.24, 2.45) is 10.9 Å². The molecular weight excluding hydrogens is 378 g/mol. The van der Waals surface area contributed by atoms with Crippen molar-refractivity contribution in [2.75, 3.05) is 26.2 Å². The Bertz CT molecular complexity index is 979. The van der Waals surface area contributed by atoms with Crippen LogP contribution in [0.25, 0.3) is 11.6 Å². The van der Waals surface area contributed by atoms with Crippen LogP contribution in [0.2, 0.25) is 0 Å². The molecule has 1 atom stereocenters. The van der Waals surface area contributed by atoms with Gasteiger partial charge >= 0.3 is 0 Å². The lowest BCUT2D eigenvalue weighted by Gasteiger charge is -2.33. The van der Waals surface area contributed by atoms with Gasteiger partial charge in [0.1, 0.15) is 0 Å². The Kier molecular flexibility index (Phi) is 7.03. The van der Waals surface area contributed by atoms with Crippen LogP contribution in [-0.2, 0) is 0 Å². The zero-order valence-electron chi connectivity index (χ0n) is 19.1. The Labute approximate surface area is 187 Å². The lowest BCUT2D eigenvalue weighted by molar-refractivity contribution is 0.342. The first-order chi connectivity index (χ1) is 15.3. The first kappa shape index (κ1) is 21.6. The van der Waals surface area contributed by atoms with Gasteiger partial charge in [-0.15, -0.1) is 0 Å². The third-order valence-electron chi connectivity index (χ3n) is 6.54. The molecule has 31 heavy (non-hydrogen) atoms. The number of hydrogen-bond donors (Lipinski definition) is 1. The van der Waals surface area contributed by atoms with E-state index in [1.807, 2.05) is 20.0 Å². The Morgan fingerprint density at radius 2 is 1.68 bits per heavy atom. The molecule has 0 amide bonds. The predicted octanol–water partition coefficient (Wildman–Crippen LogP) is 5.95. The number of benzene rings is 2. The van der Waals surface area contributed by atoms with Crippen molar-refractivity contribution < 1.29 is 0 Å². The molecule has 0 saturated carbocycles. The van der Waals surface area contributed by atoms with Gasteiger partial charge in [-0.1, -0.05) is 62.4 Å². The minimum atomic E-state index is 0.471. The lowest BCUT2D eigenvalue weighted by Crippen LogP contribution is -2.31. The van der Waals surface area contributed by atoms with E-state index in [1.165, 1.54) is 46.4 Å². The van der Waals surface area contributed by atoms with Gasteiger partial charge in [-0.2, -0.15) is 0 Å². The Morgan fingerprint density at radius 3 is 2.45 bits per heavy atom. The Morgan fingerprint density at radius 1 is 0.968 bits per heavy atom. The van der Waals surface area contributed by atoms with Crippen molar-refractivity contribution in [3.05, 3.63) is 83.2 Å². The summed E-state index contributed by atoms with van der Waals surface area (Å²) in [5.41, 5.74) is 8.37. The highest BCUT2D eigenvalue weighted by molar-refractivity contribution is 5.89. The largest absolute Gasteiger partial charge is 0.366 e. The van der Waals surface area contributed by atoms with Gasteiger partial charge < -0.3 is 10.2 Å². The van der Waals surface area contributed by atoms with Crippen LogP contribution in [0.5, 0.6) is 0 Å². The molecule has 2 aliphatic heterocycles. The molecule has 0 spiro atoms. The monoisotopic (exact) mass is 413 g/mol. The summed E-state index contributed by atoms with van der Waals surface area (Å²) in [6, 6.07) is 18.2. The molecule has 0 aromatic heterocycles. The maximum Gasteiger partial charge on any atom is 0.0558 e. The summed E-state index contributed by atoms with van der Waals surface area (Å²) in [6.45, 7) is 10.2. The van der Waals surface area contributed by atoms with Crippen molar-refractivity contribution in [2.45, 2.75) is 39.5 Å². The maximum absolute atomic E-state index is 4.41. The third-order valence-corrected chi connectivity index (χ3v) is 6.54. The average molecular weight is 414 g/mol. The van der Waals surface area contributed by atoms with Crippen LogP contribution in [0.15, 0.2) is 65.9 Å². The molecule has 3 aliphatic rings. The number of fused-ring (bicyclic) bond motifs is 2. The van der Waals surface area contributed by atoms with Gasteiger partial charge in [0, 0.05) is 30.6 Å². The van der Waals surface area contributed by atoms with Gasteiger partial charge in [-0.3, -0.25) is 4.99 Å². The molecule has 0 radical (unpaired) electrons. The maximum atomic E-state index is 4.41. The van der Waals surface area contributed by atoms with Gasteiger partial charge in [0.2, 0.25) is 0 Å². The van der Waals surface area contributed by atoms with Crippen LogP contribution in [0.3, 0.4) is 0 Å². The first-order valence-electron chi connectivity index (χ1n) is 11.8. The van der Waals surface area contributed by atoms with E-state index in [0.717, 1.165) is 26.2 Å². The minimum absolute atomic E-state index is 0.471. The number of rotatable bonds is 3. The topological polar surface area (TPSA) is 27.6 Å². The van der Waals surface area contributed by atoms with Gasteiger partial charge in [0.25, 0.3) is 0 Å². The predicted molar refractivity (Wildman–Crippen MR) is 133 cm³/mol. The van der Waals surface area contributed by atoms with Crippen LogP contribution >= 0.6 is 0 Å². The summed E-state index contributed by atoms with van der Waals surface area (Å²) in [5.74, 6) is 1.16. The molecular formula is C28H35N3.